The lowest BCUT2D eigenvalue weighted by molar-refractivity contribution is -1.000. The maximum Gasteiger partial charge on any atom is 0.208 e. The normalized spacial score (nSPS) is 25.1. The topological polar surface area (TPSA) is 36.9 Å². The number of ether oxygens (including phenoxy) is 4. The molecule has 4 rings (SSSR count). The summed E-state index contributed by atoms with van der Waals surface area (Å²) in [5.41, 5.74) is 2.57. The summed E-state index contributed by atoms with van der Waals surface area (Å²) in [6.45, 7) is 8.05. The summed E-state index contributed by atoms with van der Waals surface area (Å²) >= 11 is 0. The summed E-state index contributed by atoms with van der Waals surface area (Å²) < 4.78 is 24.1. The molecular formula is C23H32N2O4+2. The largest absolute Gasteiger partial charge is 0.497 e. The highest BCUT2D eigenvalue weighted by atomic mass is 16.5. The standard InChI is InChI=1S/C23H32N2O4/c1-26-20-9-18(10-21(13-20)27-2)15-24-5-7-25(17-24,8-6-24)16-19-11-22(28-3)14-23(12-19)29-4/h9-14H,5-8,15-17H2,1-4H3/q+2. The Morgan fingerprint density at radius 2 is 0.862 bits per heavy atom. The quantitative estimate of drug-likeness (QED) is 0.639. The number of methoxy groups -OCH3 is 4. The van der Waals surface area contributed by atoms with Gasteiger partial charge in [0.1, 0.15) is 62.3 Å². The van der Waals surface area contributed by atoms with Gasteiger partial charge in [-0.3, -0.25) is 8.97 Å². The van der Waals surface area contributed by atoms with Crippen molar-refractivity contribution in [2.45, 2.75) is 13.1 Å². The van der Waals surface area contributed by atoms with E-state index < -0.39 is 0 Å². The highest BCUT2D eigenvalue weighted by molar-refractivity contribution is 5.39. The van der Waals surface area contributed by atoms with Gasteiger partial charge in [0.05, 0.1) is 28.4 Å². The minimum atomic E-state index is 0.861. The smallest absolute Gasteiger partial charge is 0.208 e. The molecule has 0 N–H and O–H groups in total. The monoisotopic (exact) mass is 400 g/mol. The summed E-state index contributed by atoms with van der Waals surface area (Å²) in [5.74, 6) is 3.45. The molecule has 0 radical (unpaired) electrons. The summed E-state index contributed by atoms with van der Waals surface area (Å²) in [6, 6.07) is 12.5. The van der Waals surface area contributed by atoms with E-state index in [4.69, 9.17) is 18.9 Å². The Balaban J connectivity index is 1.52. The zero-order valence-corrected chi connectivity index (χ0v) is 17.9. The van der Waals surface area contributed by atoms with E-state index in [2.05, 4.69) is 24.3 Å². The fourth-order valence-corrected chi connectivity index (χ4v) is 5.10. The lowest BCUT2D eigenvalue weighted by Crippen LogP contribution is -2.46. The van der Waals surface area contributed by atoms with Crippen molar-refractivity contribution in [3.63, 3.8) is 0 Å². The highest BCUT2D eigenvalue weighted by Crippen LogP contribution is 2.37. The number of fused-ring (bicyclic) bond motifs is 2. The van der Waals surface area contributed by atoms with Crippen molar-refractivity contribution in [1.29, 1.82) is 0 Å². The summed E-state index contributed by atoms with van der Waals surface area (Å²) in [7, 11) is 6.84. The van der Waals surface area contributed by atoms with Crippen LogP contribution in [0.2, 0.25) is 0 Å². The third-order valence-electron chi connectivity index (χ3n) is 6.56. The van der Waals surface area contributed by atoms with Crippen LogP contribution < -0.4 is 18.9 Å². The van der Waals surface area contributed by atoms with Gasteiger partial charge in [-0.05, 0) is 24.3 Å². The maximum atomic E-state index is 5.47. The molecule has 2 aromatic rings. The molecule has 2 heterocycles. The SMILES string of the molecule is COc1cc(C[N+]23CC[N+](Cc4cc(OC)cc(OC)c4)(CC2)C3)cc(OC)c1. The van der Waals surface area contributed by atoms with Crippen molar-refractivity contribution in [1.82, 2.24) is 0 Å². The third kappa shape index (κ3) is 4.00. The van der Waals surface area contributed by atoms with Crippen molar-refractivity contribution >= 4 is 0 Å². The predicted molar refractivity (Wildman–Crippen MR) is 111 cm³/mol. The Bertz CT molecular complexity index is 759. The van der Waals surface area contributed by atoms with E-state index in [9.17, 15) is 0 Å². The molecule has 2 bridgehead atoms. The fraction of sp³-hybridized carbons (Fsp3) is 0.478. The van der Waals surface area contributed by atoms with Crippen molar-refractivity contribution in [3.05, 3.63) is 47.5 Å². The number of rotatable bonds is 8. The molecule has 0 amide bonds. The van der Waals surface area contributed by atoms with Gasteiger partial charge in [0, 0.05) is 23.3 Å². The molecule has 2 fully saturated rings. The molecule has 0 saturated carbocycles. The second-order valence-electron chi connectivity index (χ2n) is 8.48. The first-order valence-corrected chi connectivity index (χ1v) is 10.2. The number of hydrogen-bond acceptors (Lipinski definition) is 4. The number of hydrogen-bond donors (Lipinski definition) is 0. The van der Waals surface area contributed by atoms with Gasteiger partial charge in [0.25, 0.3) is 0 Å². The van der Waals surface area contributed by atoms with E-state index in [1.54, 1.807) is 28.4 Å². The van der Waals surface area contributed by atoms with E-state index in [0.29, 0.717) is 0 Å². The van der Waals surface area contributed by atoms with E-state index in [1.165, 1.54) is 44.0 Å². The van der Waals surface area contributed by atoms with Gasteiger partial charge in [0.15, 0.2) is 0 Å². The van der Waals surface area contributed by atoms with Crippen molar-refractivity contribution in [3.8, 4) is 23.0 Å². The number of quaternary nitrogens is 2. The molecule has 2 saturated heterocycles. The van der Waals surface area contributed by atoms with Gasteiger partial charge >= 0.3 is 0 Å². The lowest BCUT2D eigenvalue weighted by Gasteiger charge is -2.27. The Hall–Kier alpha value is -2.44. The van der Waals surface area contributed by atoms with Crippen LogP contribution in [0.4, 0.5) is 0 Å². The average Bonchev–Trinajstić information content (AvgIpc) is 3.27. The van der Waals surface area contributed by atoms with Crippen LogP contribution in [0.25, 0.3) is 0 Å². The first-order valence-electron chi connectivity index (χ1n) is 10.2. The molecule has 156 valence electrons. The van der Waals surface area contributed by atoms with Crippen LogP contribution in [-0.2, 0) is 13.1 Å². The first-order chi connectivity index (χ1) is 14.0. The van der Waals surface area contributed by atoms with Crippen molar-refractivity contribution < 1.29 is 27.9 Å². The molecule has 2 aliphatic heterocycles. The first kappa shape index (κ1) is 19.9. The summed E-state index contributed by atoms with van der Waals surface area (Å²) in [5, 5.41) is 0. The number of nitrogens with zero attached hydrogens (tertiary/aromatic N) is 2. The van der Waals surface area contributed by atoms with Crippen LogP contribution in [0.5, 0.6) is 23.0 Å². The molecule has 6 heteroatoms. The third-order valence-corrected chi connectivity index (χ3v) is 6.56. The maximum absolute atomic E-state index is 5.47. The molecule has 2 aromatic carbocycles. The van der Waals surface area contributed by atoms with E-state index in [1.807, 2.05) is 12.1 Å². The minimum Gasteiger partial charge on any atom is -0.497 e. The second kappa shape index (κ2) is 7.76. The Morgan fingerprint density at radius 1 is 0.552 bits per heavy atom. The molecular weight excluding hydrogens is 368 g/mol. The Morgan fingerprint density at radius 3 is 1.14 bits per heavy atom. The van der Waals surface area contributed by atoms with Crippen LogP contribution in [-0.4, -0.2) is 70.3 Å². The molecule has 0 aliphatic carbocycles. The van der Waals surface area contributed by atoms with Gasteiger partial charge in [-0.25, -0.2) is 0 Å². The Labute approximate surface area is 173 Å². The summed E-state index contributed by atoms with van der Waals surface area (Å²) in [6.07, 6.45) is 0. The fourth-order valence-electron chi connectivity index (χ4n) is 5.10. The van der Waals surface area contributed by atoms with E-state index in [0.717, 1.165) is 45.1 Å². The van der Waals surface area contributed by atoms with Crippen LogP contribution in [0.1, 0.15) is 11.1 Å². The van der Waals surface area contributed by atoms with Crippen LogP contribution in [0.15, 0.2) is 36.4 Å². The molecule has 0 unspecified atom stereocenters. The van der Waals surface area contributed by atoms with Crippen LogP contribution in [0, 0.1) is 0 Å². The second-order valence-corrected chi connectivity index (χ2v) is 8.48. The van der Waals surface area contributed by atoms with E-state index in [-0.39, 0.29) is 0 Å². The lowest BCUT2D eigenvalue weighted by atomic mass is 10.1. The zero-order chi connectivity index (χ0) is 20.5. The van der Waals surface area contributed by atoms with Crippen LogP contribution >= 0.6 is 0 Å². The Kier molecular flexibility index (Phi) is 5.32. The molecule has 29 heavy (non-hydrogen) atoms. The highest BCUT2D eigenvalue weighted by Gasteiger charge is 2.55. The molecule has 6 nitrogen and oxygen atoms in total. The number of piperazine rings is 1. The molecule has 0 spiro atoms. The van der Waals surface area contributed by atoms with Gasteiger partial charge in [-0.2, -0.15) is 0 Å². The number of benzene rings is 2. The van der Waals surface area contributed by atoms with Crippen molar-refractivity contribution in [2.75, 3.05) is 61.3 Å². The molecule has 2 aliphatic rings. The van der Waals surface area contributed by atoms with Gasteiger partial charge < -0.3 is 18.9 Å². The molecule has 0 aromatic heterocycles. The van der Waals surface area contributed by atoms with Gasteiger partial charge in [-0.15, -0.1) is 0 Å². The average molecular weight is 401 g/mol. The summed E-state index contributed by atoms with van der Waals surface area (Å²) in [4.78, 5) is 0. The van der Waals surface area contributed by atoms with Crippen LogP contribution in [0.3, 0.4) is 0 Å². The minimum absolute atomic E-state index is 0.861. The van der Waals surface area contributed by atoms with Gasteiger partial charge in [0.2, 0.25) is 6.67 Å². The predicted octanol–water partition coefficient (Wildman–Crippen LogP) is 3.04. The zero-order valence-electron chi connectivity index (χ0n) is 17.9. The van der Waals surface area contributed by atoms with E-state index >= 15 is 0 Å². The van der Waals surface area contributed by atoms with Crippen molar-refractivity contribution in [2.24, 2.45) is 0 Å². The molecule has 0 atom stereocenters. The van der Waals surface area contributed by atoms with Gasteiger partial charge in [-0.1, -0.05) is 0 Å².